The summed E-state index contributed by atoms with van der Waals surface area (Å²) in [5, 5.41) is 0.729. The molecule has 3 heteroatoms. The maximum absolute atomic E-state index is 12.4. The molecule has 0 aromatic heterocycles. The maximum Gasteiger partial charge on any atom is 0.163 e. The lowest BCUT2D eigenvalue weighted by Crippen LogP contribution is -2.07. The molecular formula is C18H19ClO2. The average molecular weight is 303 g/mol. The number of hydrogen-bond donors (Lipinski definition) is 0. The summed E-state index contributed by atoms with van der Waals surface area (Å²) >= 11 is 6.24. The zero-order valence-electron chi connectivity index (χ0n) is 12.3. The van der Waals surface area contributed by atoms with E-state index in [0.29, 0.717) is 12.0 Å². The first-order valence-electron chi connectivity index (χ1n) is 7.07. The van der Waals surface area contributed by atoms with Gasteiger partial charge in [-0.05, 0) is 48.2 Å². The summed E-state index contributed by atoms with van der Waals surface area (Å²) in [6.07, 6.45) is 1.35. The molecule has 0 aliphatic carbocycles. The summed E-state index contributed by atoms with van der Waals surface area (Å²) < 4.78 is 5.11. The number of ether oxygens (including phenoxy) is 1. The molecular weight excluding hydrogens is 284 g/mol. The Kier molecular flexibility index (Phi) is 5.40. The van der Waals surface area contributed by atoms with Gasteiger partial charge in [0.25, 0.3) is 0 Å². The molecule has 0 aliphatic heterocycles. The summed E-state index contributed by atoms with van der Waals surface area (Å²) in [5.41, 5.74) is 1.75. The second kappa shape index (κ2) is 7.28. The van der Waals surface area contributed by atoms with Crippen molar-refractivity contribution < 1.29 is 9.53 Å². The van der Waals surface area contributed by atoms with Crippen molar-refractivity contribution in [3.63, 3.8) is 0 Å². The Balaban J connectivity index is 2.14. The Bertz CT molecular complexity index is 605. The number of hydrogen-bond acceptors (Lipinski definition) is 2. The van der Waals surface area contributed by atoms with Crippen molar-refractivity contribution >= 4 is 17.4 Å². The van der Waals surface area contributed by atoms with Gasteiger partial charge in [-0.25, -0.2) is 0 Å². The van der Waals surface area contributed by atoms with Crippen molar-refractivity contribution in [1.82, 2.24) is 0 Å². The van der Waals surface area contributed by atoms with Gasteiger partial charge in [-0.15, -0.1) is 0 Å². The molecule has 2 aromatic rings. The maximum atomic E-state index is 12.4. The number of carbonyl (C=O) groups excluding carboxylic acids is 1. The van der Waals surface area contributed by atoms with Gasteiger partial charge < -0.3 is 4.74 Å². The van der Waals surface area contributed by atoms with Gasteiger partial charge in [-0.2, -0.15) is 0 Å². The summed E-state index contributed by atoms with van der Waals surface area (Å²) in [6, 6.07) is 15.0. The molecule has 110 valence electrons. The Labute approximate surface area is 130 Å². The summed E-state index contributed by atoms with van der Waals surface area (Å²) in [5.74, 6) is 1.03. The first-order valence-corrected chi connectivity index (χ1v) is 7.45. The largest absolute Gasteiger partial charge is 0.497 e. The average Bonchev–Trinajstić information content (AvgIpc) is 2.53. The number of halogens is 1. The van der Waals surface area contributed by atoms with Crippen LogP contribution in [-0.4, -0.2) is 12.9 Å². The van der Waals surface area contributed by atoms with Crippen LogP contribution in [0.4, 0.5) is 0 Å². The molecule has 0 fully saturated rings. The molecule has 0 unspecified atom stereocenters. The van der Waals surface area contributed by atoms with E-state index >= 15 is 0 Å². The molecule has 0 saturated carbocycles. The SMILES string of the molecule is CC[C@H](CC(=O)c1ccc(OC)cc1)c1ccccc1Cl. The second-order valence-corrected chi connectivity index (χ2v) is 5.39. The van der Waals surface area contributed by atoms with E-state index in [2.05, 4.69) is 6.92 Å². The fourth-order valence-electron chi connectivity index (χ4n) is 2.40. The van der Waals surface area contributed by atoms with E-state index < -0.39 is 0 Å². The quantitative estimate of drug-likeness (QED) is 0.693. The minimum atomic E-state index is 0.129. The third kappa shape index (κ3) is 3.85. The van der Waals surface area contributed by atoms with Gasteiger partial charge in [0.1, 0.15) is 5.75 Å². The van der Waals surface area contributed by atoms with E-state index in [1.165, 1.54) is 0 Å². The predicted octanol–water partition coefficient (Wildman–Crippen LogP) is 5.12. The normalized spacial score (nSPS) is 12.0. The number of rotatable bonds is 6. The lowest BCUT2D eigenvalue weighted by molar-refractivity contribution is 0.0973. The number of Topliss-reactive ketones (excluding diaryl/α,β-unsaturated/α-hetero) is 1. The Morgan fingerprint density at radius 2 is 1.81 bits per heavy atom. The van der Waals surface area contributed by atoms with Gasteiger partial charge in [0.05, 0.1) is 7.11 Å². The van der Waals surface area contributed by atoms with Crippen LogP contribution in [0.1, 0.15) is 41.6 Å². The third-order valence-corrected chi connectivity index (χ3v) is 4.03. The Morgan fingerprint density at radius 1 is 1.14 bits per heavy atom. The molecule has 2 aromatic carbocycles. The summed E-state index contributed by atoms with van der Waals surface area (Å²) in [4.78, 5) is 12.4. The van der Waals surface area contributed by atoms with E-state index in [9.17, 15) is 4.79 Å². The van der Waals surface area contributed by atoms with Crippen molar-refractivity contribution in [3.05, 3.63) is 64.7 Å². The molecule has 0 amide bonds. The second-order valence-electron chi connectivity index (χ2n) is 4.98. The summed E-state index contributed by atoms with van der Waals surface area (Å²) in [6.45, 7) is 2.08. The zero-order chi connectivity index (χ0) is 15.2. The topological polar surface area (TPSA) is 26.3 Å². The number of carbonyl (C=O) groups is 1. The van der Waals surface area contributed by atoms with Crippen LogP contribution in [-0.2, 0) is 0 Å². The Hall–Kier alpha value is -1.80. The van der Waals surface area contributed by atoms with Gasteiger partial charge in [-0.1, -0.05) is 36.7 Å². The smallest absolute Gasteiger partial charge is 0.163 e. The van der Waals surface area contributed by atoms with Crippen molar-refractivity contribution in [2.45, 2.75) is 25.7 Å². The molecule has 0 heterocycles. The first kappa shape index (κ1) is 15.6. The van der Waals surface area contributed by atoms with Crippen LogP contribution in [0.3, 0.4) is 0 Å². The van der Waals surface area contributed by atoms with Crippen LogP contribution < -0.4 is 4.74 Å². The minimum absolute atomic E-state index is 0.129. The zero-order valence-corrected chi connectivity index (χ0v) is 13.1. The Morgan fingerprint density at radius 3 is 2.38 bits per heavy atom. The van der Waals surface area contributed by atoms with Gasteiger partial charge >= 0.3 is 0 Å². The van der Waals surface area contributed by atoms with Gasteiger partial charge in [-0.3, -0.25) is 4.79 Å². The van der Waals surface area contributed by atoms with Gasteiger partial charge in [0.2, 0.25) is 0 Å². The van der Waals surface area contributed by atoms with Crippen LogP contribution in [0.15, 0.2) is 48.5 Å². The molecule has 2 rings (SSSR count). The molecule has 0 spiro atoms. The molecule has 0 bridgehead atoms. The van der Waals surface area contributed by atoms with Crippen LogP contribution in [0.2, 0.25) is 5.02 Å². The van der Waals surface area contributed by atoms with Gasteiger partial charge in [0, 0.05) is 17.0 Å². The molecule has 1 atom stereocenters. The minimum Gasteiger partial charge on any atom is -0.497 e. The van der Waals surface area contributed by atoms with E-state index in [1.54, 1.807) is 19.2 Å². The molecule has 0 aliphatic rings. The molecule has 0 N–H and O–H groups in total. The highest BCUT2D eigenvalue weighted by Crippen LogP contribution is 2.30. The van der Waals surface area contributed by atoms with Crippen molar-refractivity contribution in [2.24, 2.45) is 0 Å². The highest BCUT2D eigenvalue weighted by atomic mass is 35.5. The van der Waals surface area contributed by atoms with E-state index in [0.717, 1.165) is 22.8 Å². The molecule has 0 saturated heterocycles. The predicted molar refractivity (Wildman–Crippen MR) is 86.4 cm³/mol. The van der Waals surface area contributed by atoms with E-state index in [-0.39, 0.29) is 11.7 Å². The lowest BCUT2D eigenvalue weighted by atomic mass is 9.89. The van der Waals surface area contributed by atoms with Crippen LogP contribution in [0.5, 0.6) is 5.75 Å². The highest BCUT2D eigenvalue weighted by molar-refractivity contribution is 6.31. The third-order valence-electron chi connectivity index (χ3n) is 3.68. The fourth-order valence-corrected chi connectivity index (χ4v) is 2.69. The van der Waals surface area contributed by atoms with Gasteiger partial charge in [0.15, 0.2) is 5.78 Å². The van der Waals surface area contributed by atoms with Crippen molar-refractivity contribution in [1.29, 1.82) is 0 Å². The molecule has 21 heavy (non-hydrogen) atoms. The molecule has 2 nitrogen and oxygen atoms in total. The van der Waals surface area contributed by atoms with E-state index in [4.69, 9.17) is 16.3 Å². The number of benzene rings is 2. The standard InChI is InChI=1S/C18H19ClO2/c1-3-13(16-6-4-5-7-17(16)19)12-18(20)14-8-10-15(21-2)11-9-14/h4-11,13H,3,12H2,1-2H3/t13-/m1/s1. The summed E-state index contributed by atoms with van der Waals surface area (Å²) in [7, 11) is 1.61. The van der Waals surface area contributed by atoms with Crippen LogP contribution in [0.25, 0.3) is 0 Å². The van der Waals surface area contributed by atoms with E-state index in [1.807, 2.05) is 36.4 Å². The first-order chi connectivity index (χ1) is 10.2. The van der Waals surface area contributed by atoms with Crippen molar-refractivity contribution in [3.8, 4) is 5.75 Å². The fraction of sp³-hybridized carbons (Fsp3) is 0.278. The van der Waals surface area contributed by atoms with Crippen LogP contribution in [0, 0.1) is 0 Å². The van der Waals surface area contributed by atoms with Crippen LogP contribution >= 0.6 is 11.6 Å². The van der Waals surface area contributed by atoms with Crippen molar-refractivity contribution in [2.75, 3.05) is 7.11 Å². The molecule has 0 radical (unpaired) electrons. The highest BCUT2D eigenvalue weighted by Gasteiger charge is 2.17. The lowest BCUT2D eigenvalue weighted by Gasteiger charge is -2.16. The number of methoxy groups -OCH3 is 1. The monoisotopic (exact) mass is 302 g/mol. The number of ketones is 1.